The summed E-state index contributed by atoms with van der Waals surface area (Å²) in [5, 5.41) is 12.6. The maximum absolute atomic E-state index is 12.8. The molecule has 170 valence electrons. The average Bonchev–Trinajstić information content (AvgIpc) is 2.77. The molecule has 0 radical (unpaired) electrons. The number of hydrogen-bond donors (Lipinski definition) is 1. The number of hydrogen-bond acceptors (Lipinski definition) is 9. The van der Waals surface area contributed by atoms with Crippen molar-refractivity contribution in [3.05, 3.63) is 40.4 Å². The number of methoxy groups -OCH3 is 1. The van der Waals surface area contributed by atoms with E-state index >= 15 is 0 Å². The number of amides is 1. The van der Waals surface area contributed by atoms with Gasteiger partial charge < -0.3 is 19.5 Å². The number of nitrogens with one attached hydrogen (secondary N) is 1. The van der Waals surface area contributed by atoms with Gasteiger partial charge in [-0.05, 0) is 31.5 Å². The highest BCUT2D eigenvalue weighted by molar-refractivity contribution is 8.03. The van der Waals surface area contributed by atoms with Crippen molar-refractivity contribution in [2.75, 3.05) is 26.1 Å². The van der Waals surface area contributed by atoms with E-state index in [0.717, 1.165) is 11.8 Å². The van der Waals surface area contributed by atoms with Gasteiger partial charge in [0, 0.05) is 5.92 Å². The Morgan fingerprint density at radius 3 is 2.41 bits per heavy atom. The fourth-order valence-electron chi connectivity index (χ4n) is 3.19. The van der Waals surface area contributed by atoms with E-state index in [1.54, 1.807) is 31.2 Å². The molecule has 2 atom stereocenters. The van der Waals surface area contributed by atoms with Crippen molar-refractivity contribution in [2.45, 2.75) is 26.2 Å². The molecule has 1 aromatic rings. The van der Waals surface area contributed by atoms with Crippen molar-refractivity contribution in [1.29, 1.82) is 5.26 Å². The van der Waals surface area contributed by atoms with Gasteiger partial charge in [0.15, 0.2) is 5.78 Å². The molecule has 0 aromatic heterocycles. The van der Waals surface area contributed by atoms with E-state index in [-0.39, 0.29) is 23.0 Å². The molecule has 10 heteroatoms. The zero-order chi connectivity index (χ0) is 23.7. The SMILES string of the molecule is CCOC(=O)CC(=O)CSC1=C(C#N)[C@@H](c2ccc(OCC)cc2)[C@@H](C(=O)OC)C(=O)N1. The molecule has 1 aliphatic rings. The number of ketones is 1. The molecule has 9 nitrogen and oxygen atoms in total. The molecule has 32 heavy (non-hydrogen) atoms. The fraction of sp³-hybridized carbons (Fsp3) is 0.409. The van der Waals surface area contributed by atoms with Crippen LogP contribution >= 0.6 is 11.8 Å². The van der Waals surface area contributed by atoms with Gasteiger partial charge in [0.2, 0.25) is 5.91 Å². The van der Waals surface area contributed by atoms with Crippen LogP contribution in [0.15, 0.2) is 34.9 Å². The molecular formula is C22H24N2O7S. The number of esters is 2. The van der Waals surface area contributed by atoms with Crippen LogP contribution in [0.2, 0.25) is 0 Å². The molecule has 0 saturated heterocycles. The first-order valence-electron chi connectivity index (χ1n) is 9.92. The summed E-state index contributed by atoms with van der Waals surface area (Å²) in [6, 6.07) is 8.78. The van der Waals surface area contributed by atoms with Gasteiger partial charge in [-0.3, -0.25) is 19.2 Å². The lowest BCUT2D eigenvalue weighted by molar-refractivity contribution is -0.151. The molecule has 0 spiro atoms. The molecule has 1 amide bonds. The lowest BCUT2D eigenvalue weighted by Gasteiger charge is -2.31. The highest BCUT2D eigenvalue weighted by atomic mass is 32.2. The van der Waals surface area contributed by atoms with E-state index < -0.39 is 41.9 Å². The van der Waals surface area contributed by atoms with Crippen molar-refractivity contribution < 1.29 is 33.4 Å². The van der Waals surface area contributed by atoms with Crippen LogP contribution in [0.1, 0.15) is 31.7 Å². The average molecular weight is 461 g/mol. The fourth-order valence-corrected chi connectivity index (χ4v) is 4.10. The van der Waals surface area contributed by atoms with Crippen LogP contribution in [0, 0.1) is 17.2 Å². The quantitative estimate of drug-likeness (QED) is 0.412. The minimum absolute atomic E-state index is 0.123. The van der Waals surface area contributed by atoms with E-state index in [4.69, 9.17) is 14.2 Å². The summed E-state index contributed by atoms with van der Waals surface area (Å²) in [5.74, 6) is -4.21. The molecular weight excluding hydrogens is 436 g/mol. The number of Topliss-reactive ketones (excluding diaryl/α,β-unsaturated/α-hetero) is 1. The van der Waals surface area contributed by atoms with Crippen LogP contribution in [-0.4, -0.2) is 49.7 Å². The highest BCUT2D eigenvalue weighted by Gasteiger charge is 2.44. The summed E-state index contributed by atoms with van der Waals surface area (Å²) in [7, 11) is 1.17. The van der Waals surface area contributed by atoms with Crippen molar-refractivity contribution in [3.8, 4) is 11.8 Å². The number of rotatable bonds is 10. The summed E-state index contributed by atoms with van der Waals surface area (Å²) in [6.45, 7) is 4.12. The molecule has 1 N–H and O–H groups in total. The van der Waals surface area contributed by atoms with E-state index in [9.17, 15) is 24.4 Å². The molecule has 0 bridgehead atoms. The van der Waals surface area contributed by atoms with Crippen LogP contribution in [-0.2, 0) is 28.7 Å². The monoisotopic (exact) mass is 460 g/mol. The summed E-state index contributed by atoms with van der Waals surface area (Å²) < 4.78 is 15.0. The largest absolute Gasteiger partial charge is 0.494 e. The standard InChI is InChI=1S/C22H24N2O7S/c1-4-30-15-8-6-13(7-9-15)18-16(11-23)21(24-20(27)19(18)22(28)29-3)32-12-14(25)10-17(26)31-5-2/h6-9,18-19H,4-5,10,12H2,1-3H3,(H,24,27)/t18-,19-/m1/s1. The van der Waals surface area contributed by atoms with Crippen LogP contribution in [0.4, 0.5) is 0 Å². The maximum atomic E-state index is 12.8. The first-order chi connectivity index (χ1) is 15.4. The first kappa shape index (κ1) is 24.9. The van der Waals surface area contributed by atoms with Gasteiger partial charge in [0.1, 0.15) is 18.1 Å². The van der Waals surface area contributed by atoms with Crippen molar-refractivity contribution in [2.24, 2.45) is 5.92 Å². The molecule has 1 aromatic carbocycles. The third-order valence-corrected chi connectivity index (χ3v) is 5.64. The Hall–Kier alpha value is -3.32. The van der Waals surface area contributed by atoms with Crippen LogP contribution < -0.4 is 10.1 Å². The van der Waals surface area contributed by atoms with E-state index in [2.05, 4.69) is 11.4 Å². The van der Waals surface area contributed by atoms with Gasteiger partial charge >= 0.3 is 11.9 Å². The smallest absolute Gasteiger partial charge is 0.319 e. The minimum Gasteiger partial charge on any atom is -0.494 e. The summed E-state index contributed by atoms with van der Waals surface area (Å²) >= 11 is 0.924. The van der Waals surface area contributed by atoms with Gasteiger partial charge in [-0.15, -0.1) is 0 Å². The molecule has 0 fully saturated rings. The van der Waals surface area contributed by atoms with Crippen LogP contribution in [0.5, 0.6) is 5.75 Å². The summed E-state index contributed by atoms with van der Waals surface area (Å²) in [5.41, 5.74) is 0.671. The Balaban J connectivity index is 2.37. The first-order valence-corrected chi connectivity index (χ1v) is 10.9. The Kier molecular flexibility index (Phi) is 9.28. The van der Waals surface area contributed by atoms with Gasteiger partial charge in [-0.1, -0.05) is 23.9 Å². The van der Waals surface area contributed by atoms with Crippen molar-refractivity contribution in [3.63, 3.8) is 0 Å². The molecule has 0 aliphatic carbocycles. The topological polar surface area (TPSA) is 132 Å². The lowest BCUT2D eigenvalue weighted by atomic mass is 9.78. The van der Waals surface area contributed by atoms with E-state index in [0.29, 0.717) is 17.9 Å². The highest BCUT2D eigenvalue weighted by Crippen LogP contribution is 2.40. The van der Waals surface area contributed by atoms with E-state index in [1.165, 1.54) is 7.11 Å². The Labute approximate surface area is 190 Å². The summed E-state index contributed by atoms with van der Waals surface area (Å²) in [6.07, 6.45) is -0.406. The Morgan fingerprint density at radius 1 is 1.16 bits per heavy atom. The number of thioether (sulfide) groups is 1. The number of nitriles is 1. The van der Waals surface area contributed by atoms with Crippen LogP contribution in [0.25, 0.3) is 0 Å². The predicted molar refractivity (Wildman–Crippen MR) is 115 cm³/mol. The number of carbonyl (C=O) groups is 4. The third kappa shape index (κ3) is 6.11. The molecule has 0 unspecified atom stereocenters. The zero-order valence-electron chi connectivity index (χ0n) is 18.0. The van der Waals surface area contributed by atoms with Crippen molar-refractivity contribution >= 4 is 35.4 Å². The second-order valence-electron chi connectivity index (χ2n) is 6.63. The third-order valence-electron chi connectivity index (χ3n) is 4.56. The second-order valence-corrected chi connectivity index (χ2v) is 7.62. The molecule has 2 rings (SSSR count). The van der Waals surface area contributed by atoms with Gasteiger partial charge in [-0.2, -0.15) is 5.26 Å². The second kappa shape index (κ2) is 11.9. The maximum Gasteiger partial charge on any atom is 0.319 e. The molecule has 1 heterocycles. The summed E-state index contributed by atoms with van der Waals surface area (Å²) in [4.78, 5) is 48.8. The number of nitrogens with zero attached hydrogens (tertiary/aromatic N) is 1. The Morgan fingerprint density at radius 2 is 1.84 bits per heavy atom. The van der Waals surface area contributed by atoms with Gasteiger partial charge in [0.25, 0.3) is 0 Å². The zero-order valence-corrected chi connectivity index (χ0v) is 18.8. The van der Waals surface area contributed by atoms with Crippen LogP contribution in [0.3, 0.4) is 0 Å². The van der Waals surface area contributed by atoms with Gasteiger partial charge in [-0.25, -0.2) is 0 Å². The number of benzene rings is 1. The number of carbonyl (C=O) groups excluding carboxylic acids is 4. The minimum atomic E-state index is -1.27. The lowest BCUT2D eigenvalue weighted by Crippen LogP contribution is -2.44. The molecule has 1 aliphatic heterocycles. The Bertz CT molecular complexity index is 950. The normalized spacial score (nSPS) is 17.8. The van der Waals surface area contributed by atoms with E-state index in [1.807, 2.05) is 6.92 Å². The predicted octanol–water partition coefficient (Wildman–Crippen LogP) is 2.08. The van der Waals surface area contributed by atoms with Gasteiger partial charge in [0.05, 0.1) is 42.7 Å². The number of ether oxygens (including phenoxy) is 3. The molecule has 0 saturated carbocycles. The number of allylic oxidation sites excluding steroid dienone is 1. The van der Waals surface area contributed by atoms with Crippen molar-refractivity contribution in [1.82, 2.24) is 5.32 Å².